The van der Waals surface area contributed by atoms with Crippen LogP contribution >= 0.6 is 0 Å². The Morgan fingerprint density at radius 1 is 1.14 bits per heavy atom. The Kier molecular flexibility index (Phi) is 6.25. The van der Waals surface area contributed by atoms with Crippen molar-refractivity contribution < 1.29 is 0 Å². The quantitative estimate of drug-likeness (QED) is 0.521. The summed E-state index contributed by atoms with van der Waals surface area (Å²) in [4.78, 5) is 0. The third-order valence-electron chi connectivity index (χ3n) is 5.31. The van der Waals surface area contributed by atoms with E-state index in [-0.39, 0.29) is 5.92 Å². The third kappa shape index (κ3) is 5.07. The van der Waals surface area contributed by atoms with Crippen molar-refractivity contribution >= 4 is 11.4 Å². The van der Waals surface area contributed by atoms with Crippen LogP contribution in [0.2, 0.25) is 0 Å². The molecule has 3 N–H and O–H groups in total. The van der Waals surface area contributed by atoms with Crippen LogP contribution < -0.4 is 16.0 Å². The summed E-state index contributed by atoms with van der Waals surface area (Å²) in [5.41, 5.74) is 9.25. The maximum Gasteiger partial charge on any atom is 0.0417 e. The number of rotatable bonds is 8. The van der Waals surface area contributed by atoms with Crippen LogP contribution in [0.3, 0.4) is 0 Å². The number of nitrogens with one attached hydrogen (secondary N) is 3. The Bertz CT molecular complexity index is 894. The SMILES string of the molecule is C=C(CC(C)C(=C)Nc1ccccc1C)NCc1ccc2c(c1)NC(=C)CC2. The first kappa shape index (κ1) is 19.8. The molecule has 3 heteroatoms. The number of aryl methyl sites for hydroxylation is 2. The highest BCUT2D eigenvalue weighted by Crippen LogP contribution is 2.27. The molecule has 1 aliphatic heterocycles. The second kappa shape index (κ2) is 8.83. The first-order valence-electron chi connectivity index (χ1n) is 9.92. The van der Waals surface area contributed by atoms with Gasteiger partial charge in [0.15, 0.2) is 0 Å². The summed E-state index contributed by atoms with van der Waals surface area (Å²) in [7, 11) is 0. The second-order valence-electron chi connectivity index (χ2n) is 7.75. The Morgan fingerprint density at radius 3 is 2.71 bits per heavy atom. The molecule has 0 radical (unpaired) electrons. The van der Waals surface area contributed by atoms with E-state index in [1.165, 1.54) is 22.4 Å². The van der Waals surface area contributed by atoms with Crippen molar-refractivity contribution in [2.45, 2.75) is 39.7 Å². The molecule has 0 saturated heterocycles. The summed E-state index contributed by atoms with van der Waals surface area (Å²) in [6.07, 6.45) is 2.92. The maximum atomic E-state index is 4.22. The molecule has 1 unspecified atom stereocenters. The lowest BCUT2D eigenvalue weighted by molar-refractivity contribution is 0.630. The minimum atomic E-state index is 0.285. The zero-order chi connectivity index (χ0) is 20.1. The molecule has 146 valence electrons. The number of para-hydroxylation sites is 1. The Balaban J connectivity index is 1.50. The Labute approximate surface area is 169 Å². The lowest BCUT2D eigenvalue weighted by Gasteiger charge is -2.22. The number of hydrogen-bond acceptors (Lipinski definition) is 3. The van der Waals surface area contributed by atoms with Gasteiger partial charge in [0.1, 0.15) is 0 Å². The highest BCUT2D eigenvalue weighted by Gasteiger charge is 2.12. The molecule has 0 fully saturated rings. The summed E-state index contributed by atoms with van der Waals surface area (Å²) < 4.78 is 0. The molecule has 0 bridgehead atoms. The van der Waals surface area contributed by atoms with Gasteiger partial charge in [0.05, 0.1) is 0 Å². The minimum absolute atomic E-state index is 0.285. The summed E-state index contributed by atoms with van der Waals surface area (Å²) in [5.74, 6) is 0.285. The van der Waals surface area contributed by atoms with E-state index in [1.807, 2.05) is 12.1 Å². The summed E-state index contributed by atoms with van der Waals surface area (Å²) in [6, 6.07) is 14.9. The number of fused-ring (bicyclic) bond motifs is 1. The van der Waals surface area contributed by atoms with Crippen LogP contribution in [0.5, 0.6) is 0 Å². The number of anilines is 2. The second-order valence-corrected chi connectivity index (χ2v) is 7.75. The molecule has 0 amide bonds. The normalized spacial score (nSPS) is 13.9. The van der Waals surface area contributed by atoms with E-state index >= 15 is 0 Å². The molecule has 1 aliphatic rings. The zero-order valence-corrected chi connectivity index (χ0v) is 17.1. The van der Waals surface area contributed by atoms with Gasteiger partial charge in [-0.3, -0.25) is 0 Å². The van der Waals surface area contributed by atoms with Crippen LogP contribution in [0, 0.1) is 12.8 Å². The molecule has 1 heterocycles. The summed E-state index contributed by atoms with van der Waals surface area (Å²) in [5, 5.41) is 10.3. The highest BCUT2D eigenvalue weighted by atomic mass is 14.9. The largest absolute Gasteiger partial charge is 0.385 e. The van der Waals surface area contributed by atoms with Crippen molar-refractivity contribution in [1.29, 1.82) is 0 Å². The molecule has 2 aromatic carbocycles. The Hall–Kier alpha value is -2.94. The number of benzene rings is 2. The van der Waals surface area contributed by atoms with Gasteiger partial charge in [0.2, 0.25) is 0 Å². The molecule has 0 saturated carbocycles. The smallest absolute Gasteiger partial charge is 0.0417 e. The maximum absolute atomic E-state index is 4.22. The van der Waals surface area contributed by atoms with Gasteiger partial charge in [-0.25, -0.2) is 0 Å². The molecular weight excluding hydrogens is 342 g/mol. The molecule has 0 spiro atoms. The van der Waals surface area contributed by atoms with Crippen molar-refractivity contribution in [3.05, 3.63) is 96.0 Å². The molecule has 2 aromatic rings. The van der Waals surface area contributed by atoms with Crippen LogP contribution in [0.25, 0.3) is 0 Å². The number of hydrogen-bond donors (Lipinski definition) is 3. The van der Waals surface area contributed by atoms with E-state index in [0.717, 1.165) is 48.6 Å². The van der Waals surface area contributed by atoms with E-state index in [0.29, 0.717) is 0 Å². The summed E-state index contributed by atoms with van der Waals surface area (Å²) in [6.45, 7) is 17.5. The molecule has 3 nitrogen and oxygen atoms in total. The van der Waals surface area contributed by atoms with Gasteiger partial charge in [0.25, 0.3) is 0 Å². The van der Waals surface area contributed by atoms with Gasteiger partial charge in [0, 0.05) is 40.9 Å². The van der Waals surface area contributed by atoms with Crippen LogP contribution in [0.1, 0.15) is 36.5 Å². The number of allylic oxidation sites excluding steroid dienone is 3. The lowest BCUT2D eigenvalue weighted by atomic mass is 9.99. The standard InChI is InChI=1S/C25H31N3/c1-17-8-6-7-9-24(17)28-21(5)18(2)14-20(4)26-16-22-11-13-23-12-10-19(3)27-25(23)15-22/h6-9,11,13,15,18,26-28H,3-5,10,12,14,16H2,1-2H3. The first-order valence-corrected chi connectivity index (χ1v) is 9.92. The van der Waals surface area contributed by atoms with E-state index in [1.54, 1.807) is 0 Å². The van der Waals surface area contributed by atoms with Crippen LogP contribution in [-0.2, 0) is 13.0 Å². The fraction of sp³-hybridized carbons (Fsp3) is 0.280. The van der Waals surface area contributed by atoms with E-state index in [2.05, 4.69) is 79.9 Å². The van der Waals surface area contributed by atoms with E-state index in [4.69, 9.17) is 0 Å². The Morgan fingerprint density at radius 2 is 1.93 bits per heavy atom. The molecule has 28 heavy (non-hydrogen) atoms. The van der Waals surface area contributed by atoms with E-state index < -0.39 is 0 Å². The molecule has 3 rings (SSSR count). The van der Waals surface area contributed by atoms with Crippen molar-refractivity contribution in [2.75, 3.05) is 10.6 Å². The van der Waals surface area contributed by atoms with Crippen LogP contribution in [0.15, 0.2) is 79.3 Å². The predicted octanol–water partition coefficient (Wildman–Crippen LogP) is 6.12. The predicted molar refractivity (Wildman–Crippen MR) is 121 cm³/mol. The first-order chi connectivity index (χ1) is 13.4. The van der Waals surface area contributed by atoms with Crippen molar-refractivity contribution in [2.24, 2.45) is 5.92 Å². The van der Waals surface area contributed by atoms with Gasteiger partial charge >= 0.3 is 0 Å². The summed E-state index contributed by atoms with van der Waals surface area (Å²) >= 11 is 0. The van der Waals surface area contributed by atoms with Crippen molar-refractivity contribution in [3.63, 3.8) is 0 Å². The van der Waals surface area contributed by atoms with Gasteiger partial charge in [-0.1, -0.05) is 57.0 Å². The van der Waals surface area contributed by atoms with Crippen LogP contribution in [0.4, 0.5) is 11.4 Å². The van der Waals surface area contributed by atoms with Crippen molar-refractivity contribution in [3.8, 4) is 0 Å². The van der Waals surface area contributed by atoms with Crippen molar-refractivity contribution in [1.82, 2.24) is 5.32 Å². The monoisotopic (exact) mass is 373 g/mol. The lowest BCUT2D eigenvalue weighted by Crippen LogP contribution is -2.17. The third-order valence-corrected chi connectivity index (χ3v) is 5.31. The zero-order valence-electron chi connectivity index (χ0n) is 17.1. The molecular formula is C25H31N3. The molecule has 0 aromatic heterocycles. The fourth-order valence-electron chi connectivity index (χ4n) is 3.41. The van der Waals surface area contributed by atoms with Crippen LogP contribution in [-0.4, -0.2) is 0 Å². The molecule has 0 aliphatic carbocycles. The van der Waals surface area contributed by atoms with Gasteiger partial charge in [-0.2, -0.15) is 0 Å². The van der Waals surface area contributed by atoms with Gasteiger partial charge in [-0.05, 0) is 55.0 Å². The molecule has 1 atom stereocenters. The topological polar surface area (TPSA) is 36.1 Å². The minimum Gasteiger partial charge on any atom is -0.385 e. The van der Waals surface area contributed by atoms with E-state index in [9.17, 15) is 0 Å². The van der Waals surface area contributed by atoms with Gasteiger partial charge < -0.3 is 16.0 Å². The average Bonchev–Trinajstić information content (AvgIpc) is 2.67. The average molecular weight is 374 g/mol. The van der Waals surface area contributed by atoms with Gasteiger partial charge in [-0.15, -0.1) is 0 Å². The highest BCUT2D eigenvalue weighted by molar-refractivity contribution is 5.59. The fourth-order valence-corrected chi connectivity index (χ4v) is 3.41.